The van der Waals surface area contributed by atoms with Gasteiger partial charge in [-0.1, -0.05) is 49.7 Å². The Morgan fingerprint density at radius 2 is 1.50 bits per heavy atom. The van der Waals surface area contributed by atoms with Crippen LogP contribution in [-0.2, 0) is 10.0 Å². The maximum Gasteiger partial charge on any atom is 0.255 e. The van der Waals surface area contributed by atoms with Gasteiger partial charge in [0.25, 0.3) is 10.0 Å². The third kappa shape index (κ3) is 4.43. The first kappa shape index (κ1) is 18.0. The van der Waals surface area contributed by atoms with Crippen molar-refractivity contribution in [1.29, 1.82) is 0 Å². The summed E-state index contributed by atoms with van der Waals surface area (Å²) in [4.78, 5) is 0. The molecule has 0 saturated heterocycles. The predicted molar refractivity (Wildman–Crippen MR) is 106 cm³/mol. The molecular weight excluding hydrogens is 348 g/mol. The summed E-state index contributed by atoms with van der Waals surface area (Å²) in [6, 6.07) is 20.6. The predicted octanol–water partition coefficient (Wildman–Crippen LogP) is 4.35. The molecule has 0 aliphatic carbocycles. The van der Waals surface area contributed by atoms with Crippen molar-refractivity contribution in [3.63, 3.8) is 0 Å². The van der Waals surface area contributed by atoms with Crippen LogP contribution in [0.5, 0.6) is 0 Å². The Labute approximate surface area is 153 Å². The molecule has 1 heterocycles. The van der Waals surface area contributed by atoms with Gasteiger partial charge in [0.05, 0.1) is 5.75 Å². The van der Waals surface area contributed by atoms with Crippen molar-refractivity contribution in [3.8, 4) is 0 Å². The van der Waals surface area contributed by atoms with Crippen molar-refractivity contribution < 1.29 is 8.42 Å². The highest BCUT2D eigenvalue weighted by Crippen LogP contribution is 2.24. The molecule has 0 atom stereocenters. The molecule has 0 aliphatic heterocycles. The second-order valence-electron chi connectivity index (χ2n) is 5.91. The summed E-state index contributed by atoms with van der Waals surface area (Å²) in [6.07, 6.45) is 1.39. The first-order valence-electron chi connectivity index (χ1n) is 8.56. The molecule has 2 N–H and O–H groups in total. The number of unbranched alkanes of at least 4 members (excludes halogenated alkanes) is 1. The molecule has 0 aliphatic rings. The van der Waals surface area contributed by atoms with Crippen molar-refractivity contribution in [2.45, 2.75) is 19.8 Å². The lowest BCUT2D eigenvalue weighted by molar-refractivity contribution is 0.578. The van der Waals surface area contributed by atoms with Crippen LogP contribution >= 0.6 is 0 Å². The number of nitrogens with one attached hydrogen (secondary N) is 2. The lowest BCUT2D eigenvalue weighted by Crippen LogP contribution is -2.19. The van der Waals surface area contributed by atoms with Gasteiger partial charge >= 0.3 is 0 Å². The van der Waals surface area contributed by atoms with E-state index < -0.39 is 10.0 Å². The number of anilines is 4. The SMILES string of the molecule is CCCCS(=O)(=O)n1nc(Nc2ccccc2)cc1Nc1ccccc1. The second kappa shape index (κ2) is 8.05. The monoisotopic (exact) mass is 370 g/mol. The number of benzene rings is 2. The number of rotatable bonds is 8. The molecule has 0 bridgehead atoms. The minimum absolute atomic E-state index is 0.0550. The Morgan fingerprint density at radius 3 is 2.08 bits per heavy atom. The van der Waals surface area contributed by atoms with Crippen LogP contribution in [0.1, 0.15) is 19.8 Å². The number of aromatic nitrogens is 2. The van der Waals surface area contributed by atoms with Crippen LogP contribution in [0.2, 0.25) is 0 Å². The lowest BCUT2D eigenvalue weighted by Gasteiger charge is -2.10. The summed E-state index contributed by atoms with van der Waals surface area (Å²) in [5, 5.41) is 10.6. The van der Waals surface area contributed by atoms with E-state index in [-0.39, 0.29) is 5.75 Å². The van der Waals surface area contributed by atoms with Crippen molar-refractivity contribution >= 4 is 33.0 Å². The average Bonchev–Trinajstić information content (AvgIpc) is 3.05. The zero-order chi connectivity index (χ0) is 18.4. The van der Waals surface area contributed by atoms with Gasteiger partial charge in [0.2, 0.25) is 0 Å². The van der Waals surface area contributed by atoms with Gasteiger partial charge in [-0.25, -0.2) is 8.42 Å². The molecule has 2 aromatic carbocycles. The van der Waals surface area contributed by atoms with Gasteiger partial charge in [0.1, 0.15) is 5.82 Å². The van der Waals surface area contributed by atoms with Crippen LogP contribution in [0.3, 0.4) is 0 Å². The van der Waals surface area contributed by atoms with Gasteiger partial charge in [-0.3, -0.25) is 0 Å². The van der Waals surface area contributed by atoms with Crippen molar-refractivity contribution in [2.24, 2.45) is 0 Å². The summed E-state index contributed by atoms with van der Waals surface area (Å²) >= 11 is 0. The van der Waals surface area contributed by atoms with Crippen molar-refractivity contribution in [3.05, 3.63) is 66.7 Å². The molecule has 0 spiro atoms. The minimum atomic E-state index is -3.54. The summed E-state index contributed by atoms with van der Waals surface area (Å²) in [5.74, 6) is 0.930. The fourth-order valence-electron chi connectivity index (χ4n) is 2.47. The largest absolute Gasteiger partial charge is 0.339 e. The molecule has 1 aromatic heterocycles. The van der Waals surface area contributed by atoms with E-state index >= 15 is 0 Å². The standard InChI is InChI=1S/C19H22N4O2S/c1-2-3-14-26(24,25)23-19(21-17-12-8-5-9-13-17)15-18(22-23)20-16-10-6-4-7-11-16/h4-13,15,21H,2-3,14H2,1H3,(H,20,22). The number of hydrogen-bond donors (Lipinski definition) is 2. The molecule has 6 nitrogen and oxygen atoms in total. The highest BCUT2D eigenvalue weighted by molar-refractivity contribution is 7.89. The molecule has 0 radical (unpaired) electrons. The first-order chi connectivity index (χ1) is 12.6. The van der Waals surface area contributed by atoms with E-state index in [0.29, 0.717) is 18.1 Å². The maximum atomic E-state index is 12.7. The van der Waals surface area contributed by atoms with Crippen LogP contribution in [0.25, 0.3) is 0 Å². The van der Waals surface area contributed by atoms with E-state index in [4.69, 9.17) is 0 Å². The third-order valence-electron chi connectivity index (χ3n) is 3.79. The number of hydrogen-bond acceptors (Lipinski definition) is 5. The Morgan fingerprint density at radius 1 is 0.923 bits per heavy atom. The first-order valence-corrected chi connectivity index (χ1v) is 10.2. The Hall–Kier alpha value is -2.80. The zero-order valence-electron chi connectivity index (χ0n) is 14.6. The van der Waals surface area contributed by atoms with E-state index in [1.54, 1.807) is 6.07 Å². The zero-order valence-corrected chi connectivity index (χ0v) is 15.4. The lowest BCUT2D eigenvalue weighted by atomic mass is 10.3. The van der Waals surface area contributed by atoms with E-state index in [2.05, 4.69) is 15.7 Å². The van der Waals surface area contributed by atoms with Gasteiger partial charge < -0.3 is 10.6 Å². The van der Waals surface area contributed by atoms with Crippen LogP contribution in [0, 0.1) is 0 Å². The molecule has 3 rings (SSSR count). The fourth-order valence-corrected chi connectivity index (χ4v) is 3.91. The normalized spacial score (nSPS) is 11.3. The maximum absolute atomic E-state index is 12.7. The third-order valence-corrected chi connectivity index (χ3v) is 5.40. The number of para-hydroxylation sites is 2. The van der Waals surface area contributed by atoms with Gasteiger partial charge in [0.15, 0.2) is 5.82 Å². The van der Waals surface area contributed by atoms with Gasteiger partial charge in [0, 0.05) is 17.4 Å². The molecule has 0 fully saturated rings. The van der Waals surface area contributed by atoms with Crippen LogP contribution in [-0.4, -0.2) is 23.4 Å². The molecule has 0 saturated carbocycles. The van der Waals surface area contributed by atoms with Gasteiger partial charge in [-0.2, -0.15) is 0 Å². The smallest absolute Gasteiger partial charge is 0.255 e. The summed E-state index contributed by atoms with van der Waals surface area (Å²) in [5.41, 5.74) is 1.64. The minimum Gasteiger partial charge on any atom is -0.339 e. The highest BCUT2D eigenvalue weighted by Gasteiger charge is 2.20. The molecule has 26 heavy (non-hydrogen) atoms. The van der Waals surface area contributed by atoms with E-state index in [1.807, 2.05) is 67.6 Å². The van der Waals surface area contributed by atoms with E-state index in [1.165, 1.54) is 0 Å². The molecule has 0 amide bonds. The van der Waals surface area contributed by atoms with E-state index in [9.17, 15) is 8.42 Å². The Balaban J connectivity index is 1.94. The molecule has 136 valence electrons. The average molecular weight is 370 g/mol. The van der Waals surface area contributed by atoms with Crippen molar-refractivity contribution in [2.75, 3.05) is 16.4 Å². The topological polar surface area (TPSA) is 76.0 Å². The summed E-state index contributed by atoms with van der Waals surface area (Å²) in [6.45, 7) is 1.96. The van der Waals surface area contributed by atoms with Crippen LogP contribution in [0.15, 0.2) is 66.7 Å². The Bertz CT molecular complexity index is 938. The number of nitrogens with zero attached hydrogens (tertiary/aromatic N) is 2. The molecule has 7 heteroatoms. The van der Waals surface area contributed by atoms with Gasteiger partial charge in [-0.15, -0.1) is 9.19 Å². The van der Waals surface area contributed by atoms with Gasteiger partial charge in [-0.05, 0) is 30.7 Å². The quantitative estimate of drug-likeness (QED) is 0.616. The summed E-state index contributed by atoms with van der Waals surface area (Å²) in [7, 11) is -3.54. The molecule has 0 unspecified atom stereocenters. The highest BCUT2D eigenvalue weighted by atomic mass is 32.2. The molecule has 3 aromatic rings. The van der Waals surface area contributed by atoms with Crippen LogP contribution < -0.4 is 10.6 Å². The van der Waals surface area contributed by atoms with Crippen LogP contribution in [0.4, 0.5) is 23.0 Å². The fraction of sp³-hybridized carbons (Fsp3) is 0.211. The molecular formula is C19H22N4O2S. The second-order valence-corrected chi connectivity index (χ2v) is 7.83. The van der Waals surface area contributed by atoms with E-state index in [0.717, 1.165) is 21.9 Å². The van der Waals surface area contributed by atoms with Crippen molar-refractivity contribution in [1.82, 2.24) is 9.19 Å². The Kier molecular flexibility index (Phi) is 5.58. The summed E-state index contributed by atoms with van der Waals surface area (Å²) < 4.78 is 26.5.